The number of thiocarbonyl (C=S) groups is 1. The van der Waals surface area contributed by atoms with Gasteiger partial charge >= 0.3 is 0 Å². The lowest BCUT2D eigenvalue weighted by molar-refractivity contribution is 0.0976. The molecule has 0 aliphatic rings. The molecule has 0 unspecified atom stereocenters. The molecule has 3 N–H and O–H groups in total. The highest BCUT2D eigenvalue weighted by Gasteiger charge is 2.12. The third-order valence-corrected chi connectivity index (χ3v) is 4.57. The fourth-order valence-electron chi connectivity index (χ4n) is 2.47. The van der Waals surface area contributed by atoms with Crippen LogP contribution in [0.15, 0.2) is 72.8 Å². The number of benzene rings is 3. The molecule has 3 aromatic rings. The Labute approximate surface area is 183 Å². The molecule has 0 fully saturated rings. The maximum atomic E-state index is 12.3. The van der Waals surface area contributed by atoms with E-state index in [1.165, 1.54) is 12.1 Å². The topological polar surface area (TPSA) is 70.2 Å². The molecule has 0 aromatic heterocycles. The summed E-state index contributed by atoms with van der Waals surface area (Å²) in [5, 5.41) is 9.02. The Hall–Kier alpha value is -2.93. The molecule has 8 heteroatoms. The largest absolute Gasteiger partial charge is 0.332 e. The molecule has 5 nitrogen and oxygen atoms in total. The van der Waals surface area contributed by atoms with Crippen molar-refractivity contribution in [3.8, 4) is 0 Å². The van der Waals surface area contributed by atoms with Crippen molar-refractivity contribution in [3.63, 3.8) is 0 Å². The first-order valence-corrected chi connectivity index (χ1v) is 9.62. The number of carbonyl (C=O) groups is 2. The number of rotatable bonds is 4. The van der Waals surface area contributed by atoms with Crippen molar-refractivity contribution < 1.29 is 9.59 Å². The van der Waals surface area contributed by atoms with Crippen molar-refractivity contribution in [1.29, 1.82) is 0 Å². The van der Waals surface area contributed by atoms with Crippen LogP contribution in [0.1, 0.15) is 20.7 Å². The standard InChI is InChI=1S/C21H15Cl2N3O2S/c22-14-9-10-17(18(23)11-14)20(28)26-21(29)25-16-8-4-7-15(12-16)24-19(27)13-5-2-1-3-6-13/h1-12H,(H,24,27)(H2,25,26,28,29). The monoisotopic (exact) mass is 443 g/mol. The molecule has 0 spiro atoms. The summed E-state index contributed by atoms with van der Waals surface area (Å²) in [6.07, 6.45) is 0. The third kappa shape index (κ3) is 5.77. The van der Waals surface area contributed by atoms with Crippen LogP contribution in [0.2, 0.25) is 10.0 Å². The Kier molecular flexibility index (Phi) is 6.82. The summed E-state index contributed by atoms with van der Waals surface area (Å²) in [5.41, 5.74) is 1.99. The fourth-order valence-corrected chi connectivity index (χ4v) is 3.18. The van der Waals surface area contributed by atoms with Crippen LogP contribution in [0, 0.1) is 0 Å². The third-order valence-electron chi connectivity index (χ3n) is 3.82. The Balaban J connectivity index is 1.63. The van der Waals surface area contributed by atoms with E-state index in [4.69, 9.17) is 35.4 Å². The fraction of sp³-hybridized carbons (Fsp3) is 0. The minimum absolute atomic E-state index is 0.0903. The predicted molar refractivity (Wildman–Crippen MR) is 121 cm³/mol. The van der Waals surface area contributed by atoms with Gasteiger partial charge in [0, 0.05) is 22.0 Å². The van der Waals surface area contributed by atoms with Crippen LogP contribution in [0.5, 0.6) is 0 Å². The summed E-state index contributed by atoms with van der Waals surface area (Å²) in [5.74, 6) is -0.686. The maximum Gasteiger partial charge on any atom is 0.258 e. The molecule has 0 aliphatic heterocycles. The number of halogens is 2. The molecule has 0 radical (unpaired) electrons. The molecule has 146 valence electrons. The zero-order valence-electron chi connectivity index (χ0n) is 14.9. The number of hydrogen-bond donors (Lipinski definition) is 3. The van der Waals surface area contributed by atoms with Crippen molar-refractivity contribution in [3.05, 3.63) is 94.0 Å². The van der Waals surface area contributed by atoms with E-state index in [0.717, 1.165) is 0 Å². The lowest BCUT2D eigenvalue weighted by Crippen LogP contribution is -2.34. The van der Waals surface area contributed by atoms with E-state index >= 15 is 0 Å². The van der Waals surface area contributed by atoms with Gasteiger partial charge in [-0.3, -0.25) is 14.9 Å². The Morgan fingerprint density at radius 2 is 1.45 bits per heavy atom. The van der Waals surface area contributed by atoms with E-state index < -0.39 is 5.91 Å². The van der Waals surface area contributed by atoms with E-state index in [-0.39, 0.29) is 21.6 Å². The highest BCUT2D eigenvalue weighted by Crippen LogP contribution is 2.21. The van der Waals surface area contributed by atoms with Gasteiger partial charge in [-0.1, -0.05) is 47.5 Å². The van der Waals surface area contributed by atoms with E-state index in [1.807, 2.05) is 6.07 Å². The highest BCUT2D eigenvalue weighted by molar-refractivity contribution is 7.80. The first-order chi connectivity index (χ1) is 13.9. The van der Waals surface area contributed by atoms with Crippen molar-refractivity contribution in [1.82, 2.24) is 5.32 Å². The Bertz CT molecular complexity index is 1070. The van der Waals surface area contributed by atoms with Crippen molar-refractivity contribution in [2.24, 2.45) is 0 Å². The maximum absolute atomic E-state index is 12.3. The second-order valence-electron chi connectivity index (χ2n) is 5.93. The molecule has 2 amide bonds. The number of nitrogens with one attached hydrogen (secondary N) is 3. The summed E-state index contributed by atoms with van der Waals surface area (Å²) in [6.45, 7) is 0. The average Bonchev–Trinajstić information content (AvgIpc) is 2.68. The molecule has 0 bridgehead atoms. The molecule has 0 saturated carbocycles. The predicted octanol–water partition coefficient (Wildman–Crippen LogP) is 5.37. The average molecular weight is 444 g/mol. The van der Waals surface area contributed by atoms with Gasteiger partial charge in [0.25, 0.3) is 11.8 Å². The van der Waals surface area contributed by atoms with Gasteiger partial charge in [-0.15, -0.1) is 0 Å². The summed E-state index contributed by atoms with van der Waals surface area (Å²) in [7, 11) is 0. The van der Waals surface area contributed by atoms with E-state index in [1.54, 1.807) is 54.6 Å². The van der Waals surface area contributed by atoms with Crippen LogP contribution >= 0.6 is 35.4 Å². The molecule has 3 rings (SSSR count). The normalized spacial score (nSPS) is 10.1. The van der Waals surface area contributed by atoms with Gasteiger partial charge in [0.1, 0.15) is 0 Å². The van der Waals surface area contributed by atoms with Crippen LogP contribution in [0.25, 0.3) is 0 Å². The second-order valence-corrected chi connectivity index (χ2v) is 7.19. The Morgan fingerprint density at radius 1 is 0.759 bits per heavy atom. The minimum Gasteiger partial charge on any atom is -0.332 e. The summed E-state index contributed by atoms with van der Waals surface area (Å²) >= 11 is 17.1. The molecule has 0 atom stereocenters. The highest BCUT2D eigenvalue weighted by atomic mass is 35.5. The number of carbonyl (C=O) groups excluding carboxylic acids is 2. The molecule has 0 saturated heterocycles. The van der Waals surface area contributed by atoms with Gasteiger partial charge in [-0.2, -0.15) is 0 Å². The van der Waals surface area contributed by atoms with Gasteiger partial charge in [0.05, 0.1) is 10.6 Å². The number of amides is 2. The zero-order chi connectivity index (χ0) is 20.8. The van der Waals surface area contributed by atoms with Crippen LogP contribution < -0.4 is 16.0 Å². The Morgan fingerprint density at radius 3 is 2.14 bits per heavy atom. The lowest BCUT2D eigenvalue weighted by atomic mass is 10.2. The number of hydrogen-bond acceptors (Lipinski definition) is 3. The van der Waals surface area contributed by atoms with E-state index in [2.05, 4.69) is 16.0 Å². The molecule has 3 aromatic carbocycles. The summed E-state index contributed by atoms with van der Waals surface area (Å²) < 4.78 is 0. The lowest BCUT2D eigenvalue weighted by Gasteiger charge is -2.12. The van der Waals surface area contributed by atoms with Crippen LogP contribution in [0.3, 0.4) is 0 Å². The van der Waals surface area contributed by atoms with Gasteiger partial charge < -0.3 is 10.6 Å². The van der Waals surface area contributed by atoms with Crippen molar-refractivity contribution in [2.45, 2.75) is 0 Å². The van der Waals surface area contributed by atoms with E-state index in [9.17, 15) is 9.59 Å². The van der Waals surface area contributed by atoms with Gasteiger partial charge in [0.2, 0.25) is 0 Å². The zero-order valence-corrected chi connectivity index (χ0v) is 17.2. The summed E-state index contributed by atoms with van der Waals surface area (Å²) in [4.78, 5) is 24.6. The molecular formula is C21H15Cl2N3O2S. The SMILES string of the molecule is O=C(Nc1cccc(NC(=S)NC(=O)c2ccc(Cl)cc2Cl)c1)c1ccccc1. The molecular weight excluding hydrogens is 429 g/mol. The molecule has 0 heterocycles. The smallest absolute Gasteiger partial charge is 0.258 e. The molecule has 0 aliphatic carbocycles. The van der Waals surface area contributed by atoms with Crippen molar-refractivity contribution in [2.75, 3.05) is 10.6 Å². The minimum atomic E-state index is -0.460. The van der Waals surface area contributed by atoms with Crippen LogP contribution in [0.4, 0.5) is 11.4 Å². The van der Waals surface area contributed by atoms with Crippen LogP contribution in [-0.2, 0) is 0 Å². The van der Waals surface area contributed by atoms with Crippen molar-refractivity contribution >= 4 is 63.7 Å². The van der Waals surface area contributed by atoms with Crippen LogP contribution in [-0.4, -0.2) is 16.9 Å². The second kappa shape index (κ2) is 9.52. The van der Waals surface area contributed by atoms with Gasteiger partial charge in [-0.05, 0) is 60.7 Å². The van der Waals surface area contributed by atoms with Gasteiger partial charge in [-0.25, -0.2) is 0 Å². The molecule has 29 heavy (non-hydrogen) atoms. The quantitative estimate of drug-likeness (QED) is 0.473. The number of anilines is 2. The first kappa shape index (κ1) is 20.8. The first-order valence-electron chi connectivity index (χ1n) is 8.46. The van der Waals surface area contributed by atoms with E-state index in [0.29, 0.717) is 22.0 Å². The van der Waals surface area contributed by atoms with Gasteiger partial charge in [0.15, 0.2) is 5.11 Å². The summed E-state index contributed by atoms with van der Waals surface area (Å²) in [6, 6.07) is 20.4.